The average Bonchev–Trinajstić information content (AvgIpc) is 3.20. The summed E-state index contributed by atoms with van der Waals surface area (Å²) in [4.78, 5) is 4.07. The van der Waals surface area contributed by atoms with Crippen LogP contribution >= 0.6 is 0 Å². The predicted molar refractivity (Wildman–Crippen MR) is 105 cm³/mol. The lowest BCUT2D eigenvalue weighted by Crippen LogP contribution is -1.98. The van der Waals surface area contributed by atoms with Crippen LogP contribution in [0.5, 0.6) is 5.75 Å². The first-order valence-electron chi connectivity index (χ1n) is 8.99. The molecule has 26 heavy (non-hydrogen) atoms. The smallest absolute Gasteiger partial charge is 0.119 e. The summed E-state index contributed by atoms with van der Waals surface area (Å²) in [5, 5.41) is 2.55. The number of benzene rings is 3. The van der Waals surface area contributed by atoms with Gasteiger partial charge in [0.25, 0.3) is 0 Å². The van der Waals surface area contributed by atoms with Gasteiger partial charge in [-0.2, -0.15) is 0 Å². The summed E-state index contributed by atoms with van der Waals surface area (Å²) in [5.41, 5.74) is 3.79. The van der Waals surface area contributed by atoms with Gasteiger partial charge in [-0.1, -0.05) is 49.4 Å². The number of aryl methyl sites for hydroxylation is 1. The van der Waals surface area contributed by atoms with Gasteiger partial charge in [-0.25, -0.2) is 4.98 Å². The summed E-state index contributed by atoms with van der Waals surface area (Å²) >= 11 is 0. The van der Waals surface area contributed by atoms with Gasteiger partial charge in [-0.05, 0) is 52.1 Å². The third-order valence-electron chi connectivity index (χ3n) is 4.63. The van der Waals surface area contributed by atoms with Crippen LogP contribution in [0.3, 0.4) is 0 Å². The number of aromatic nitrogens is 2. The van der Waals surface area contributed by atoms with Crippen LogP contribution in [0.1, 0.15) is 23.6 Å². The molecule has 130 valence electrons. The monoisotopic (exact) mass is 342 g/mol. The highest BCUT2D eigenvalue weighted by Crippen LogP contribution is 2.20. The Labute approximate surface area is 153 Å². The fourth-order valence-electron chi connectivity index (χ4n) is 3.10. The first-order chi connectivity index (χ1) is 12.8. The standard InChI is InChI=1S/C23H22N2O/c1-2-18-3-7-22-14-20(4-8-21(22)13-18)16-26-23-9-5-19(6-10-23)15-25-12-11-24-17-25/h3-14,17H,2,15-16H2,1H3. The molecule has 1 heterocycles. The van der Waals surface area contributed by atoms with Crippen molar-refractivity contribution >= 4 is 10.8 Å². The normalized spacial score (nSPS) is 11.0. The largest absolute Gasteiger partial charge is 0.489 e. The zero-order chi connectivity index (χ0) is 17.8. The van der Waals surface area contributed by atoms with Crippen molar-refractivity contribution in [1.82, 2.24) is 9.55 Å². The molecule has 0 saturated carbocycles. The summed E-state index contributed by atoms with van der Waals surface area (Å²) < 4.78 is 8.01. The first kappa shape index (κ1) is 16.4. The van der Waals surface area contributed by atoms with Crippen molar-refractivity contribution in [3.05, 3.63) is 96.1 Å². The molecule has 4 aromatic rings. The summed E-state index contributed by atoms with van der Waals surface area (Å²) in [5.74, 6) is 0.890. The van der Waals surface area contributed by atoms with Crippen LogP contribution in [-0.4, -0.2) is 9.55 Å². The second-order valence-corrected chi connectivity index (χ2v) is 6.54. The molecular weight excluding hydrogens is 320 g/mol. The van der Waals surface area contributed by atoms with E-state index < -0.39 is 0 Å². The number of rotatable bonds is 6. The van der Waals surface area contributed by atoms with E-state index in [1.807, 2.05) is 24.7 Å². The van der Waals surface area contributed by atoms with Crippen molar-refractivity contribution in [3.8, 4) is 5.75 Å². The van der Waals surface area contributed by atoms with E-state index in [4.69, 9.17) is 4.74 Å². The average molecular weight is 342 g/mol. The number of imidazole rings is 1. The molecule has 0 spiro atoms. The molecule has 3 heteroatoms. The minimum absolute atomic E-state index is 0.576. The zero-order valence-electron chi connectivity index (χ0n) is 14.9. The molecule has 0 N–H and O–H groups in total. The number of ether oxygens (including phenoxy) is 1. The molecule has 0 radical (unpaired) electrons. The summed E-state index contributed by atoms with van der Waals surface area (Å²) in [6.45, 7) is 3.58. The number of hydrogen-bond acceptors (Lipinski definition) is 2. The number of fused-ring (bicyclic) bond motifs is 1. The fraction of sp³-hybridized carbons (Fsp3) is 0.174. The topological polar surface area (TPSA) is 27.1 Å². The molecule has 0 bridgehead atoms. The van der Waals surface area contributed by atoms with Gasteiger partial charge in [-0.15, -0.1) is 0 Å². The minimum atomic E-state index is 0.576. The minimum Gasteiger partial charge on any atom is -0.489 e. The Morgan fingerprint density at radius 3 is 2.23 bits per heavy atom. The van der Waals surface area contributed by atoms with Gasteiger partial charge in [0.15, 0.2) is 0 Å². The van der Waals surface area contributed by atoms with Crippen LogP contribution in [0.2, 0.25) is 0 Å². The van der Waals surface area contributed by atoms with Gasteiger partial charge in [0.2, 0.25) is 0 Å². The summed E-state index contributed by atoms with van der Waals surface area (Å²) in [6.07, 6.45) is 6.66. The second-order valence-electron chi connectivity index (χ2n) is 6.54. The van der Waals surface area contributed by atoms with Crippen LogP contribution in [0.25, 0.3) is 10.8 Å². The Balaban J connectivity index is 1.41. The van der Waals surface area contributed by atoms with Gasteiger partial charge < -0.3 is 9.30 Å². The Morgan fingerprint density at radius 2 is 1.54 bits per heavy atom. The van der Waals surface area contributed by atoms with Gasteiger partial charge in [-0.3, -0.25) is 0 Å². The van der Waals surface area contributed by atoms with Gasteiger partial charge in [0, 0.05) is 18.9 Å². The third kappa shape index (κ3) is 3.77. The molecule has 0 aliphatic carbocycles. The molecule has 0 atom stereocenters. The van der Waals surface area contributed by atoms with E-state index in [1.54, 1.807) is 6.20 Å². The van der Waals surface area contributed by atoms with Crippen molar-refractivity contribution in [2.75, 3.05) is 0 Å². The van der Waals surface area contributed by atoms with Crippen LogP contribution in [-0.2, 0) is 19.6 Å². The lowest BCUT2D eigenvalue weighted by molar-refractivity contribution is 0.306. The summed E-state index contributed by atoms with van der Waals surface area (Å²) in [6, 6.07) is 21.5. The van der Waals surface area contributed by atoms with Crippen molar-refractivity contribution in [3.63, 3.8) is 0 Å². The molecule has 0 amide bonds. The van der Waals surface area contributed by atoms with E-state index in [9.17, 15) is 0 Å². The van der Waals surface area contributed by atoms with Crippen molar-refractivity contribution in [2.45, 2.75) is 26.5 Å². The lowest BCUT2D eigenvalue weighted by atomic mass is 10.0. The molecule has 1 aromatic heterocycles. The molecule has 0 fully saturated rings. The van der Waals surface area contributed by atoms with Gasteiger partial charge in [0.1, 0.15) is 12.4 Å². The molecule has 3 aromatic carbocycles. The number of nitrogens with zero attached hydrogens (tertiary/aromatic N) is 2. The van der Waals surface area contributed by atoms with E-state index >= 15 is 0 Å². The van der Waals surface area contributed by atoms with Crippen LogP contribution in [0.15, 0.2) is 79.4 Å². The van der Waals surface area contributed by atoms with E-state index in [0.29, 0.717) is 6.61 Å². The fourth-order valence-corrected chi connectivity index (χ4v) is 3.10. The van der Waals surface area contributed by atoms with Crippen molar-refractivity contribution in [2.24, 2.45) is 0 Å². The predicted octanol–water partition coefficient (Wildman–Crippen LogP) is 5.23. The maximum atomic E-state index is 5.96. The van der Waals surface area contributed by atoms with Crippen LogP contribution < -0.4 is 4.74 Å². The molecule has 4 rings (SSSR count). The summed E-state index contributed by atoms with van der Waals surface area (Å²) in [7, 11) is 0. The van der Waals surface area contributed by atoms with E-state index in [2.05, 4.69) is 65.0 Å². The third-order valence-corrected chi connectivity index (χ3v) is 4.63. The molecule has 0 unspecified atom stereocenters. The van der Waals surface area contributed by atoms with Crippen LogP contribution in [0.4, 0.5) is 0 Å². The quantitative estimate of drug-likeness (QED) is 0.480. The SMILES string of the molecule is CCc1ccc2cc(COc3ccc(Cn4ccnc4)cc3)ccc2c1. The van der Waals surface area contributed by atoms with E-state index in [-0.39, 0.29) is 0 Å². The Bertz CT molecular complexity index is 989. The lowest BCUT2D eigenvalue weighted by Gasteiger charge is -2.09. The second kappa shape index (κ2) is 7.44. The van der Waals surface area contributed by atoms with E-state index in [0.717, 1.165) is 18.7 Å². The highest BCUT2D eigenvalue weighted by molar-refractivity contribution is 5.83. The van der Waals surface area contributed by atoms with E-state index in [1.165, 1.54) is 27.5 Å². The molecule has 0 saturated heterocycles. The molecule has 0 aliphatic rings. The number of hydrogen-bond donors (Lipinski definition) is 0. The van der Waals surface area contributed by atoms with Crippen molar-refractivity contribution < 1.29 is 4.74 Å². The highest BCUT2D eigenvalue weighted by Gasteiger charge is 2.01. The van der Waals surface area contributed by atoms with Gasteiger partial charge >= 0.3 is 0 Å². The maximum Gasteiger partial charge on any atom is 0.119 e. The zero-order valence-corrected chi connectivity index (χ0v) is 14.9. The van der Waals surface area contributed by atoms with Gasteiger partial charge in [0.05, 0.1) is 6.33 Å². The van der Waals surface area contributed by atoms with Crippen molar-refractivity contribution in [1.29, 1.82) is 0 Å². The maximum absolute atomic E-state index is 5.96. The first-order valence-corrected chi connectivity index (χ1v) is 8.99. The molecule has 0 aliphatic heterocycles. The Kier molecular flexibility index (Phi) is 4.69. The highest BCUT2D eigenvalue weighted by atomic mass is 16.5. The molecule has 3 nitrogen and oxygen atoms in total. The Morgan fingerprint density at radius 1 is 0.846 bits per heavy atom. The van der Waals surface area contributed by atoms with Crippen LogP contribution in [0, 0.1) is 0 Å². The Hall–Kier alpha value is -3.07. The molecular formula is C23H22N2O.